The Morgan fingerprint density at radius 3 is 2.57 bits per heavy atom. The molecule has 0 unspecified atom stereocenters. The number of benzene rings is 1. The van der Waals surface area contributed by atoms with E-state index in [0.717, 1.165) is 11.8 Å². The van der Waals surface area contributed by atoms with Gasteiger partial charge in [-0.1, -0.05) is 30.0 Å². The summed E-state index contributed by atoms with van der Waals surface area (Å²) in [6.45, 7) is 0.761. The van der Waals surface area contributed by atoms with Gasteiger partial charge in [-0.25, -0.2) is 0 Å². The number of carbonyl (C=O) groups excluding carboxylic acids is 3. The first-order valence-electron chi connectivity index (χ1n) is 6.59. The third kappa shape index (κ3) is 2.87. The van der Waals surface area contributed by atoms with Gasteiger partial charge in [-0.15, -0.1) is 0 Å². The minimum Gasteiger partial charge on any atom is -0.484 e. The fourth-order valence-corrected chi connectivity index (χ4v) is 3.07. The number of para-hydroxylation sites is 1. The van der Waals surface area contributed by atoms with E-state index >= 15 is 0 Å². The number of ether oxygens (including phenoxy) is 1. The Bertz CT molecular complexity index is 556. The number of thioether (sulfide) groups is 1. The van der Waals surface area contributed by atoms with Crippen molar-refractivity contribution >= 4 is 28.8 Å². The van der Waals surface area contributed by atoms with Crippen LogP contribution in [0.5, 0.6) is 5.75 Å². The van der Waals surface area contributed by atoms with Gasteiger partial charge in [0.15, 0.2) is 6.61 Å². The van der Waals surface area contributed by atoms with Gasteiger partial charge in [0.05, 0.1) is 11.8 Å². The lowest BCUT2D eigenvalue weighted by Gasteiger charge is -2.42. The van der Waals surface area contributed by atoms with Gasteiger partial charge < -0.3 is 9.64 Å². The van der Waals surface area contributed by atoms with Crippen molar-refractivity contribution in [3.63, 3.8) is 0 Å². The predicted octanol–water partition coefficient (Wildman–Crippen LogP) is 0.972. The maximum Gasteiger partial charge on any atom is 0.289 e. The van der Waals surface area contributed by atoms with Crippen molar-refractivity contribution in [2.45, 2.75) is 6.04 Å². The number of hydrogen-bond acceptors (Lipinski definition) is 5. The summed E-state index contributed by atoms with van der Waals surface area (Å²) in [6, 6.07) is 8.93. The maximum absolute atomic E-state index is 11.9. The summed E-state index contributed by atoms with van der Waals surface area (Å²) in [4.78, 5) is 37.9. The van der Waals surface area contributed by atoms with Gasteiger partial charge in [0.1, 0.15) is 5.75 Å². The average Bonchev–Trinajstić information content (AvgIpc) is 2.77. The van der Waals surface area contributed by atoms with Crippen molar-refractivity contribution in [1.82, 2.24) is 9.80 Å². The summed E-state index contributed by atoms with van der Waals surface area (Å²) in [5.41, 5.74) is 0. The van der Waals surface area contributed by atoms with Crippen LogP contribution in [0.2, 0.25) is 0 Å². The minimum absolute atomic E-state index is 0.0343. The molecule has 2 heterocycles. The van der Waals surface area contributed by atoms with Gasteiger partial charge in [0.2, 0.25) is 5.91 Å². The SMILES string of the molecule is O=C(COc1ccccc1)N1CC(N2C(=O)CSC2=O)C1. The third-order valence-corrected chi connectivity index (χ3v) is 4.31. The summed E-state index contributed by atoms with van der Waals surface area (Å²) in [7, 11) is 0. The van der Waals surface area contributed by atoms with Gasteiger partial charge >= 0.3 is 0 Å². The third-order valence-electron chi connectivity index (χ3n) is 3.47. The molecule has 0 aromatic heterocycles. The van der Waals surface area contributed by atoms with E-state index < -0.39 is 0 Å². The Morgan fingerprint density at radius 1 is 1.24 bits per heavy atom. The molecule has 0 N–H and O–H groups in total. The lowest BCUT2D eigenvalue weighted by Crippen LogP contribution is -2.62. The molecule has 110 valence electrons. The number of nitrogens with zero attached hydrogens (tertiary/aromatic N) is 2. The molecule has 2 aliphatic heterocycles. The molecule has 0 atom stereocenters. The summed E-state index contributed by atoms with van der Waals surface area (Å²) >= 11 is 1.02. The summed E-state index contributed by atoms with van der Waals surface area (Å²) in [5.74, 6) is 0.550. The van der Waals surface area contributed by atoms with Gasteiger partial charge in [0.25, 0.3) is 11.1 Å². The first kappa shape index (κ1) is 13.9. The molecule has 7 heteroatoms. The largest absolute Gasteiger partial charge is 0.484 e. The van der Waals surface area contributed by atoms with E-state index in [1.807, 2.05) is 18.2 Å². The van der Waals surface area contributed by atoms with Crippen LogP contribution >= 0.6 is 11.8 Å². The van der Waals surface area contributed by atoms with E-state index in [1.54, 1.807) is 17.0 Å². The van der Waals surface area contributed by atoms with Crippen LogP contribution in [0, 0.1) is 0 Å². The second kappa shape index (κ2) is 5.77. The fourth-order valence-electron chi connectivity index (χ4n) is 2.29. The van der Waals surface area contributed by atoms with Crippen LogP contribution < -0.4 is 4.74 Å². The Labute approximate surface area is 126 Å². The molecule has 0 spiro atoms. The smallest absolute Gasteiger partial charge is 0.289 e. The van der Waals surface area contributed by atoms with Crippen LogP contribution in [0.3, 0.4) is 0 Å². The quantitative estimate of drug-likeness (QED) is 0.829. The predicted molar refractivity (Wildman–Crippen MR) is 77.0 cm³/mol. The first-order valence-corrected chi connectivity index (χ1v) is 7.58. The highest BCUT2D eigenvalue weighted by molar-refractivity contribution is 8.14. The van der Waals surface area contributed by atoms with Gasteiger partial charge in [-0.2, -0.15) is 0 Å². The first-order chi connectivity index (χ1) is 10.1. The van der Waals surface area contributed by atoms with Crippen molar-refractivity contribution in [3.05, 3.63) is 30.3 Å². The number of amides is 3. The molecule has 6 nitrogen and oxygen atoms in total. The van der Waals surface area contributed by atoms with Crippen LogP contribution in [0.1, 0.15) is 0 Å². The van der Waals surface area contributed by atoms with E-state index in [4.69, 9.17) is 4.74 Å². The molecule has 2 fully saturated rings. The number of carbonyl (C=O) groups is 3. The van der Waals surface area contributed by atoms with E-state index in [1.165, 1.54) is 4.90 Å². The second-order valence-corrected chi connectivity index (χ2v) is 5.80. The van der Waals surface area contributed by atoms with Crippen LogP contribution in [-0.4, -0.2) is 58.3 Å². The summed E-state index contributed by atoms with van der Waals surface area (Å²) in [5, 5.41) is -0.211. The average molecular weight is 306 g/mol. The molecule has 2 saturated heterocycles. The fraction of sp³-hybridized carbons (Fsp3) is 0.357. The molecule has 1 aromatic rings. The molecule has 21 heavy (non-hydrogen) atoms. The minimum atomic E-state index is -0.211. The highest BCUT2D eigenvalue weighted by atomic mass is 32.2. The van der Waals surface area contributed by atoms with E-state index in [2.05, 4.69) is 0 Å². The zero-order chi connectivity index (χ0) is 14.8. The van der Waals surface area contributed by atoms with Crippen LogP contribution in [0.4, 0.5) is 4.79 Å². The zero-order valence-electron chi connectivity index (χ0n) is 11.2. The standard InChI is InChI=1S/C14H14N2O4S/c17-12(8-20-11-4-2-1-3-5-11)15-6-10(7-15)16-13(18)9-21-14(16)19/h1-5,10H,6-9H2. The number of rotatable bonds is 4. The highest BCUT2D eigenvalue weighted by Gasteiger charge is 2.43. The topological polar surface area (TPSA) is 66.9 Å². The van der Waals surface area contributed by atoms with E-state index in [9.17, 15) is 14.4 Å². The van der Waals surface area contributed by atoms with Crippen molar-refractivity contribution in [2.75, 3.05) is 25.4 Å². The zero-order valence-corrected chi connectivity index (χ0v) is 12.0. The molecular weight excluding hydrogens is 292 g/mol. The molecule has 3 amide bonds. The van der Waals surface area contributed by atoms with E-state index in [0.29, 0.717) is 18.8 Å². The summed E-state index contributed by atoms with van der Waals surface area (Å²) < 4.78 is 5.38. The molecule has 0 saturated carbocycles. The number of imide groups is 1. The Balaban J connectivity index is 1.46. The lowest BCUT2D eigenvalue weighted by atomic mass is 10.1. The molecule has 0 aliphatic carbocycles. The second-order valence-electron chi connectivity index (χ2n) is 4.87. The number of hydrogen-bond donors (Lipinski definition) is 0. The van der Waals surface area contributed by atoms with Crippen molar-refractivity contribution < 1.29 is 19.1 Å². The van der Waals surface area contributed by atoms with Crippen molar-refractivity contribution in [2.24, 2.45) is 0 Å². The van der Waals surface area contributed by atoms with Crippen LogP contribution in [-0.2, 0) is 9.59 Å². The Hall–Kier alpha value is -2.02. The lowest BCUT2D eigenvalue weighted by molar-refractivity contribution is -0.143. The van der Waals surface area contributed by atoms with Crippen molar-refractivity contribution in [1.29, 1.82) is 0 Å². The molecule has 2 aliphatic rings. The van der Waals surface area contributed by atoms with E-state index in [-0.39, 0.29) is 35.5 Å². The Morgan fingerprint density at radius 2 is 1.95 bits per heavy atom. The molecular formula is C14H14N2O4S. The maximum atomic E-state index is 11.9. The normalized spacial score (nSPS) is 18.9. The van der Waals surface area contributed by atoms with Gasteiger partial charge in [-0.05, 0) is 12.1 Å². The van der Waals surface area contributed by atoms with Crippen LogP contribution in [0.15, 0.2) is 30.3 Å². The number of likely N-dealkylation sites (tertiary alicyclic amines) is 1. The monoisotopic (exact) mass is 306 g/mol. The van der Waals surface area contributed by atoms with Crippen LogP contribution in [0.25, 0.3) is 0 Å². The van der Waals surface area contributed by atoms with Gasteiger partial charge in [0, 0.05) is 13.1 Å². The molecule has 0 bridgehead atoms. The highest BCUT2D eigenvalue weighted by Crippen LogP contribution is 2.26. The summed E-state index contributed by atoms with van der Waals surface area (Å²) in [6.07, 6.45) is 0. The van der Waals surface area contributed by atoms with Crippen molar-refractivity contribution in [3.8, 4) is 5.75 Å². The molecule has 1 aromatic carbocycles. The molecule has 3 rings (SSSR count). The Kier molecular flexibility index (Phi) is 3.83. The van der Waals surface area contributed by atoms with Gasteiger partial charge in [-0.3, -0.25) is 19.3 Å². The molecule has 0 radical (unpaired) electrons.